The van der Waals surface area contributed by atoms with Gasteiger partial charge < -0.3 is 15.1 Å². The Kier molecular flexibility index (Phi) is 3.50. The first kappa shape index (κ1) is 15.2. The maximum absolute atomic E-state index is 12.7. The highest BCUT2D eigenvalue weighted by Gasteiger charge is 2.56. The van der Waals surface area contributed by atoms with Crippen LogP contribution in [0.2, 0.25) is 0 Å². The van der Waals surface area contributed by atoms with Gasteiger partial charge in [-0.25, -0.2) is 4.79 Å². The van der Waals surface area contributed by atoms with Crippen LogP contribution in [0, 0.1) is 11.8 Å². The highest BCUT2D eigenvalue weighted by Crippen LogP contribution is 2.56. The molecule has 0 aromatic heterocycles. The van der Waals surface area contributed by atoms with E-state index in [1.807, 2.05) is 9.80 Å². The van der Waals surface area contributed by atoms with Gasteiger partial charge in [-0.1, -0.05) is 24.3 Å². The number of carbonyl (C=O) groups excluding carboxylic acids is 2. The molecule has 1 aromatic rings. The number of hydrogen-bond acceptors (Lipinski definition) is 2. The van der Waals surface area contributed by atoms with E-state index in [9.17, 15) is 9.59 Å². The summed E-state index contributed by atoms with van der Waals surface area (Å²) in [7, 11) is 0. The van der Waals surface area contributed by atoms with E-state index < -0.39 is 0 Å². The van der Waals surface area contributed by atoms with E-state index in [2.05, 4.69) is 29.6 Å². The van der Waals surface area contributed by atoms with Crippen LogP contribution >= 0.6 is 0 Å². The number of nitrogens with zero attached hydrogens (tertiary/aromatic N) is 2. The Morgan fingerprint density at radius 1 is 1.00 bits per heavy atom. The maximum Gasteiger partial charge on any atom is 0.317 e. The lowest BCUT2D eigenvalue weighted by Gasteiger charge is -2.23. The predicted molar refractivity (Wildman–Crippen MR) is 94.2 cm³/mol. The van der Waals surface area contributed by atoms with Crippen molar-refractivity contribution >= 4 is 11.9 Å². The van der Waals surface area contributed by atoms with Gasteiger partial charge in [0.15, 0.2) is 0 Å². The van der Waals surface area contributed by atoms with Gasteiger partial charge in [0.1, 0.15) is 0 Å². The van der Waals surface area contributed by atoms with Gasteiger partial charge in [0.05, 0.1) is 0 Å². The second-order valence-corrected chi connectivity index (χ2v) is 8.01. The topological polar surface area (TPSA) is 52.7 Å². The molecular formula is C20H25N3O2. The van der Waals surface area contributed by atoms with E-state index in [1.165, 1.54) is 11.1 Å². The summed E-state index contributed by atoms with van der Waals surface area (Å²) in [6, 6.07) is 8.97. The third-order valence-corrected chi connectivity index (χ3v) is 6.35. The van der Waals surface area contributed by atoms with Crippen LogP contribution in [0.1, 0.15) is 36.3 Å². The van der Waals surface area contributed by atoms with Crippen molar-refractivity contribution in [1.82, 2.24) is 15.1 Å². The molecule has 4 aliphatic rings. The number of hydrogen-bond donors (Lipinski definition) is 1. The number of benzene rings is 1. The molecular weight excluding hydrogens is 314 g/mol. The van der Waals surface area contributed by atoms with Crippen LogP contribution in [0.5, 0.6) is 0 Å². The van der Waals surface area contributed by atoms with Crippen LogP contribution in [0.15, 0.2) is 24.3 Å². The molecule has 3 aliphatic carbocycles. The summed E-state index contributed by atoms with van der Waals surface area (Å²) in [6.45, 7) is 2.88. The molecule has 5 nitrogen and oxygen atoms in total. The fourth-order valence-corrected chi connectivity index (χ4v) is 4.71. The molecule has 0 spiro atoms. The fourth-order valence-electron chi connectivity index (χ4n) is 4.71. The number of fused-ring (bicyclic) bond motifs is 3. The Hall–Kier alpha value is -2.04. The smallest absolute Gasteiger partial charge is 0.317 e. The molecule has 5 heteroatoms. The number of amides is 3. The van der Waals surface area contributed by atoms with Crippen molar-refractivity contribution < 1.29 is 9.59 Å². The minimum Gasteiger partial charge on any atom is -0.341 e. The third kappa shape index (κ3) is 2.70. The molecule has 0 bridgehead atoms. The summed E-state index contributed by atoms with van der Waals surface area (Å²) in [4.78, 5) is 28.8. The van der Waals surface area contributed by atoms with Crippen molar-refractivity contribution in [3.63, 3.8) is 0 Å². The molecule has 5 rings (SSSR count). The number of urea groups is 1. The first-order chi connectivity index (χ1) is 12.2. The van der Waals surface area contributed by atoms with Crippen molar-refractivity contribution in [3.8, 4) is 0 Å². The van der Waals surface area contributed by atoms with Crippen molar-refractivity contribution in [2.75, 3.05) is 26.2 Å². The van der Waals surface area contributed by atoms with E-state index in [0.29, 0.717) is 36.9 Å². The Balaban J connectivity index is 1.17. The van der Waals surface area contributed by atoms with Crippen LogP contribution < -0.4 is 5.32 Å². The van der Waals surface area contributed by atoms with Gasteiger partial charge in [-0.05, 0) is 42.7 Å². The minimum absolute atomic E-state index is 0.0533. The second-order valence-electron chi connectivity index (χ2n) is 8.01. The maximum atomic E-state index is 12.7. The number of carbonyl (C=O) groups is 2. The van der Waals surface area contributed by atoms with Gasteiger partial charge in [0, 0.05) is 44.1 Å². The standard InChI is InChI=1S/C20H25N3O2/c24-19(13-6-7-13)22-8-3-9-23(11-10-22)20(25)21-18-16-12-14-4-1-2-5-15(14)17(16)18/h1-2,4-5,13,16-18H,3,6-12H2,(H,21,25)/t16-,17+,18+/m0/s1. The Morgan fingerprint density at radius 2 is 1.76 bits per heavy atom. The zero-order valence-electron chi connectivity index (χ0n) is 14.5. The number of nitrogens with one attached hydrogen (secondary N) is 1. The van der Waals surface area contributed by atoms with Gasteiger partial charge in [-0.3, -0.25) is 4.79 Å². The average molecular weight is 339 g/mol. The van der Waals surface area contributed by atoms with Gasteiger partial charge in [0.25, 0.3) is 0 Å². The minimum atomic E-state index is 0.0533. The molecule has 3 atom stereocenters. The molecule has 1 aromatic carbocycles. The number of rotatable bonds is 2. The van der Waals surface area contributed by atoms with Gasteiger partial charge in [-0.15, -0.1) is 0 Å². The van der Waals surface area contributed by atoms with Crippen molar-refractivity contribution in [3.05, 3.63) is 35.4 Å². The van der Waals surface area contributed by atoms with Crippen molar-refractivity contribution in [2.24, 2.45) is 11.8 Å². The van der Waals surface area contributed by atoms with E-state index in [0.717, 1.165) is 38.8 Å². The monoisotopic (exact) mass is 339 g/mol. The first-order valence-electron chi connectivity index (χ1n) is 9.64. The molecule has 25 heavy (non-hydrogen) atoms. The second kappa shape index (κ2) is 5.75. The average Bonchev–Trinajstić information content (AvgIpc) is 3.52. The van der Waals surface area contributed by atoms with Gasteiger partial charge in [-0.2, -0.15) is 0 Å². The van der Waals surface area contributed by atoms with Crippen LogP contribution in [-0.2, 0) is 11.2 Å². The summed E-state index contributed by atoms with van der Waals surface area (Å²) in [5, 5.41) is 3.26. The largest absolute Gasteiger partial charge is 0.341 e. The first-order valence-corrected chi connectivity index (χ1v) is 9.64. The van der Waals surface area contributed by atoms with Gasteiger partial charge in [0.2, 0.25) is 5.91 Å². The van der Waals surface area contributed by atoms with E-state index in [1.54, 1.807) is 0 Å². The molecule has 1 N–H and O–H groups in total. The highest BCUT2D eigenvalue weighted by molar-refractivity contribution is 5.81. The lowest BCUT2D eigenvalue weighted by molar-refractivity contribution is -0.132. The van der Waals surface area contributed by atoms with Crippen LogP contribution in [0.25, 0.3) is 0 Å². The zero-order valence-corrected chi connectivity index (χ0v) is 14.5. The SMILES string of the molecule is O=C(N[C@@H]1[C@H]2Cc3ccccc3[C@H]21)N1CCCN(C(=O)C2CC2)CC1. The molecule has 2 saturated carbocycles. The molecule has 1 aliphatic heterocycles. The third-order valence-electron chi connectivity index (χ3n) is 6.35. The predicted octanol–water partition coefficient (Wildman–Crippen LogP) is 1.98. The summed E-state index contributed by atoms with van der Waals surface area (Å²) < 4.78 is 0. The van der Waals surface area contributed by atoms with Crippen LogP contribution in [0.3, 0.4) is 0 Å². The van der Waals surface area contributed by atoms with Gasteiger partial charge >= 0.3 is 6.03 Å². The lowest BCUT2D eigenvalue weighted by Crippen LogP contribution is -2.44. The molecule has 1 saturated heterocycles. The summed E-state index contributed by atoms with van der Waals surface area (Å²) in [6.07, 6.45) is 4.07. The fraction of sp³-hybridized carbons (Fsp3) is 0.600. The zero-order chi connectivity index (χ0) is 17.0. The van der Waals surface area contributed by atoms with E-state index in [4.69, 9.17) is 0 Å². The van der Waals surface area contributed by atoms with Crippen molar-refractivity contribution in [2.45, 2.75) is 37.6 Å². The summed E-state index contributed by atoms with van der Waals surface area (Å²) >= 11 is 0. The molecule has 132 valence electrons. The van der Waals surface area contributed by atoms with Crippen LogP contribution in [-0.4, -0.2) is 54.0 Å². The normalized spacial score (nSPS) is 30.3. The Bertz CT molecular complexity index is 715. The lowest BCUT2D eigenvalue weighted by atomic mass is 10.1. The summed E-state index contributed by atoms with van der Waals surface area (Å²) in [5.74, 6) is 1.67. The molecule has 3 amide bonds. The molecule has 0 unspecified atom stereocenters. The highest BCUT2D eigenvalue weighted by atomic mass is 16.2. The quantitative estimate of drug-likeness (QED) is 0.896. The summed E-state index contributed by atoms with van der Waals surface area (Å²) in [5.41, 5.74) is 2.88. The van der Waals surface area contributed by atoms with E-state index >= 15 is 0 Å². The van der Waals surface area contributed by atoms with E-state index in [-0.39, 0.29) is 11.9 Å². The van der Waals surface area contributed by atoms with Crippen LogP contribution in [0.4, 0.5) is 4.79 Å². The Morgan fingerprint density at radius 3 is 2.60 bits per heavy atom. The molecule has 1 heterocycles. The molecule has 3 fully saturated rings. The Labute approximate surface area is 148 Å². The molecule has 0 radical (unpaired) electrons. The van der Waals surface area contributed by atoms with Crippen molar-refractivity contribution in [1.29, 1.82) is 0 Å².